The summed E-state index contributed by atoms with van der Waals surface area (Å²) in [6.45, 7) is 0.379. The van der Waals surface area contributed by atoms with Crippen LogP contribution >= 0.6 is 7.26 Å². The summed E-state index contributed by atoms with van der Waals surface area (Å²) in [6.07, 6.45) is 2.02. The first-order valence-corrected chi connectivity index (χ1v) is 12.7. The van der Waals surface area contributed by atoms with Crippen LogP contribution in [0, 0.1) is 0 Å². The number of hydrogen-bond donors (Lipinski definition) is 0. The van der Waals surface area contributed by atoms with Crippen LogP contribution in [-0.2, 0) is 9.53 Å². The molecule has 1 fully saturated rings. The van der Waals surface area contributed by atoms with Crippen LogP contribution in [0.25, 0.3) is 6.08 Å². The molecule has 0 bridgehead atoms. The van der Waals surface area contributed by atoms with E-state index in [1.165, 1.54) is 15.9 Å². The number of hydrogen-bond acceptors (Lipinski definition) is 2. The van der Waals surface area contributed by atoms with Crippen molar-refractivity contribution in [1.29, 1.82) is 0 Å². The quantitative estimate of drug-likeness (QED) is 0.251. The fourth-order valence-electron chi connectivity index (χ4n) is 4.64. The van der Waals surface area contributed by atoms with Gasteiger partial charge in [0.15, 0.2) is 0 Å². The summed E-state index contributed by atoms with van der Waals surface area (Å²) >= 11 is 0. The number of cyclic esters (lactones) is 1. The molecule has 32 heavy (non-hydrogen) atoms. The predicted octanol–water partition coefficient (Wildman–Crippen LogP) is 4.99. The summed E-state index contributed by atoms with van der Waals surface area (Å²) in [5.74, 6) is -0.217. The highest BCUT2D eigenvalue weighted by atomic mass is 31.2. The Bertz CT molecular complexity index is 1120. The molecule has 3 heteroatoms. The number of benzene rings is 4. The van der Waals surface area contributed by atoms with E-state index >= 15 is 0 Å². The van der Waals surface area contributed by atoms with Crippen LogP contribution in [0.5, 0.6) is 0 Å². The van der Waals surface area contributed by atoms with Crippen molar-refractivity contribution in [2.45, 2.75) is 5.66 Å². The molecule has 0 amide bonds. The predicted molar refractivity (Wildman–Crippen MR) is 134 cm³/mol. The van der Waals surface area contributed by atoms with Gasteiger partial charge in [-0.25, -0.2) is 4.79 Å². The lowest BCUT2D eigenvalue weighted by molar-refractivity contribution is -0.134. The molecule has 0 spiro atoms. The van der Waals surface area contributed by atoms with E-state index in [4.69, 9.17) is 4.74 Å². The van der Waals surface area contributed by atoms with E-state index in [0.29, 0.717) is 6.61 Å². The number of carbonyl (C=O) groups excluding carboxylic acids is 1. The average Bonchev–Trinajstić information content (AvgIpc) is 3.22. The van der Waals surface area contributed by atoms with E-state index in [1.807, 2.05) is 54.6 Å². The highest BCUT2D eigenvalue weighted by molar-refractivity contribution is 7.96. The first-order chi connectivity index (χ1) is 15.8. The minimum Gasteiger partial charge on any atom is -0.458 e. The third kappa shape index (κ3) is 3.57. The lowest BCUT2D eigenvalue weighted by Gasteiger charge is -2.32. The van der Waals surface area contributed by atoms with E-state index in [9.17, 15) is 4.79 Å². The summed E-state index contributed by atoms with van der Waals surface area (Å²) in [7, 11) is -2.25. The fourth-order valence-corrected chi connectivity index (χ4v) is 9.44. The maximum atomic E-state index is 13.1. The number of ether oxygens (including phenoxy) is 1. The molecule has 156 valence electrons. The maximum Gasteiger partial charge on any atom is 0.338 e. The van der Waals surface area contributed by atoms with Crippen molar-refractivity contribution in [2.24, 2.45) is 0 Å². The second-order valence-electron chi connectivity index (χ2n) is 7.85. The van der Waals surface area contributed by atoms with Crippen molar-refractivity contribution in [2.75, 3.05) is 6.61 Å². The van der Waals surface area contributed by atoms with Gasteiger partial charge >= 0.3 is 5.97 Å². The Kier molecular flexibility index (Phi) is 5.71. The van der Waals surface area contributed by atoms with Crippen molar-refractivity contribution in [1.82, 2.24) is 0 Å². The molecule has 5 rings (SSSR count). The summed E-state index contributed by atoms with van der Waals surface area (Å²) < 4.78 is 5.74. The Morgan fingerprint density at radius 2 is 1.03 bits per heavy atom. The standard InChI is InChI=1S/C29H24O2P/c30-29-27(21-23-13-5-1-6-14-23)28(22-31-29)32(24-15-7-2-8-16-24,25-17-9-3-10-18-25)26-19-11-4-12-20-26/h1-21,28H,22H2/q+1/b27-21-. The Hall–Kier alpha value is -3.48. The van der Waals surface area contributed by atoms with Gasteiger partial charge in [0.2, 0.25) is 0 Å². The molecule has 1 aliphatic heterocycles. The fraction of sp³-hybridized carbons (Fsp3) is 0.0690. The van der Waals surface area contributed by atoms with Crippen LogP contribution in [0.1, 0.15) is 5.56 Å². The van der Waals surface area contributed by atoms with Gasteiger partial charge in [0, 0.05) is 0 Å². The average molecular weight is 435 g/mol. The molecule has 0 aliphatic carbocycles. The number of rotatable bonds is 5. The molecule has 0 aromatic heterocycles. The van der Waals surface area contributed by atoms with Gasteiger partial charge in [0.05, 0.1) is 5.57 Å². The van der Waals surface area contributed by atoms with Gasteiger partial charge in [-0.05, 0) is 48.0 Å². The van der Waals surface area contributed by atoms with Gasteiger partial charge in [0.1, 0.15) is 35.4 Å². The largest absolute Gasteiger partial charge is 0.458 e. The van der Waals surface area contributed by atoms with Crippen molar-refractivity contribution in [3.8, 4) is 0 Å². The minimum atomic E-state index is -2.25. The molecule has 1 saturated heterocycles. The highest BCUT2D eigenvalue weighted by Crippen LogP contribution is 2.63. The van der Waals surface area contributed by atoms with E-state index in [-0.39, 0.29) is 11.6 Å². The molecule has 0 N–H and O–H groups in total. The first-order valence-electron chi connectivity index (χ1n) is 10.8. The van der Waals surface area contributed by atoms with E-state index < -0.39 is 7.26 Å². The Balaban J connectivity index is 1.82. The Morgan fingerprint density at radius 3 is 1.47 bits per heavy atom. The zero-order valence-electron chi connectivity index (χ0n) is 17.7. The van der Waals surface area contributed by atoms with Crippen LogP contribution in [0.3, 0.4) is 0 Å². The van der Waals surface area contributed by atoms with Crippen LogP contribution in [0.2, 0.25) is 0 Å². The van der Waals surface area contributed by atoms with Crippen LogP contribution < -0.4 is 15.9 Å². The minimum absolute atomic E-state index is 0.0672. The molecule has 1 atom stereocenters. The van der Waals surface area contributed by atoms with Crippen molar-refractivity contribution >= 4 is 35.2 Å². The monoisotopic (exact) mass is 435 g/mol. The first kappa shape index (κ1) is 20.4. The van der Waals surface area contributed by atoms with Crippen LogP contribution in [0.15, 0.2) is 127 Å². The molecule has 2 nitrogen and oxygen atoms in total. The van der Waals surface area contributed by atoms with E-state index in [2.05, 4.69) is 72.8 Å². The summed E-state index contributed by atoms with van der Waals surface area (Å²) in [5.41, 5.74) is 1.70. The third-order valence-electron chi connectivity index (χ3n) is 6.05. The van der Waals surface area contributed by atoms with Gasteiger partial charge in [-0.3, -0.25) is 0 Å². The molecular formula is C29H24O2P+. The molecule has 1 unspecified atom stereocenters. The van der Waals surface area contributed by atoms with Crippen molar-refractivity contribution in [3.63, 3.8) is 0 Å². The van der Waals surface area contributed by atoms with Gasteiger partial charge in [-0.2, -0.15) is 0 Å². The zero-order chi connectivity index (χ0) is 21.8. The highest BCUT2D eigenvalue weighted by Gasteiger charge is 2.58. The normalized spacial score (nSPS) is 17.3. The molecule has 4 aromatic carbocycles. The van der Waals surface area contributed by atoms with Crippen LogP contribution in [0.4, 0.5) is 0 Å². The summed E-state index contributed by atoms with van der Waals surface area (Å²) in [4.78, 5) is 13.1. The molecular weight excluding hydrogens is 411 g/mol. The molecule has 1 heterocycles. The van der Waals surface area contributed by atoms with E-state index in [1.54, 1.807) is 0 Å². The van der Waals surface area contributed by atoms with Gasteiger partial charge in [-0.1, -0.05) is 84.9 Å². The zero-order valence-corrected chi connectivity index (χ0v) is 18.6. The second kappa shape index (κ2) is 8.94. The van der Waals surface area contributed by atoms with Crippen molar-refractivity contribution < 1.29 is 9.53 Å². The smallest absolute Gasteiger partial charge is 0.338 e. The van der Waals surface area contributed by atoms with Crippen molar-refractivity contribution in [3.05, 3.63) is 132 Å². The maximum absolute atomic E-state index is 13.1. The Morgan fingerprint density at radius 1 is 0.625 bits per heavy atom. The van der Waals surface area contributed by atoms with Gasteiger partial charge in [-0.15, -0.1) is 0 Å². The lowest BCUT2D eigenvalue weighted by atomic mass is 10.1. The molecule has 0 radical (unpaired) electrons. The second-order valence-corrected chi connectivity index (χ2v) is 11.5. The summed E-state index contributed by atoms with van der Waals surface area (Å²) in [6, 6.07) is 42.0. The van der Waals surface area contributed by atoms with Gasteiger partial charge in [0.25, 0.3) is 0 Å². The molecule has 1 aliphatic rings. The topological polar surface area (TPSA) is 26.3 Å². The lowest BCUT2D eigenvalue weighted by Crippen LogP contribution is -2.40. The van der Waals surface area contributed by atoms with Crippen LogP contribution in [-0.4, -0.2) is 18.2 Å². The molecule has 4 aromatic rings. The van der Waals surface area contributed by atoms with E-state index in [0.717, 1.165) is 11.1 Å². The third-order valence-corrected chi connectivity index (χ3v) is 10.7. The number of carbonyl (C=O) groups is 1. The molecule has 0 saturated carbocycles. The summed E-state index contributed by atoms with van der Waals surface area (Å²) in [5, 5.41) is 3.75. The Labute approximate surface area is 189 Å². The van der Waals surface area contributed by atoms with Gasteiger partial charge < -0.3 is 4.74 Å². The number of esters is 1. The SMILES string of the molecule is O=C1OCC([P+](c2ccccc2)(c2ccccc2)c2ccccc2)/C1=C/c1ccccc1.